The number of fused-ring (bicyclic) bond motifs is 1. The molecule has 0 aliphatic heterocycles. The fraction of sp³-hybridized carbons (Fsp3) is 0.409. The lowest BCUT2D eigenvalue weighted by Gasteiger charge is -2.20. The van der Waals surface area contributed by atoms with Gasteiger partial charge in [-0.3, -0.25) is 14.4 Å². The summed E-state index contributed by atoms with van der Waals surface area (Å²) in [6, 6.07) is 8.47. The topological polar surface area (TPSA) is 92.5 Å². The highest BCUT2D eigenvalue weighted by molar-refractivity contribution is 7.14. The number of hydrogen-bond acceptors (Lipinski definition) is 4. The second kappa shape index (κ2) is 9.69. The van der Waals surface area contributed by atoms with E-state index in [-0.39, 0.29) is 18.2 Å². The van der Waals surface area contributed by atoms with Crippen molar-refractivity contribution in [2.45, 2.75) is 45.4 Å². The summed E-state index contributed by atoms with van der Waals surface area (Å²) in [7, 11) is 0. The van der Waals surface area contributed by atoms with Crippen molar-refractivity contribution in [2.24, 2.45) is 5.73 Å². The van der Waals surface area contributed by atoms with Crippen LogP contribution in [0.1, 0.15) is 63.1 Å². The van der Waals surface area contributed by atoms with Crippen molar-refractivity contribution >= 4 is 34.7 Å². The lowest BCUT2D eigenvalue weighted by molar-refractivity contribution is -0.116. The Morgan fingerprint density at radius 3 is 2.52 bits per heavy atom. The normalized spacial score (nSPS) is 13.3. The number of nitrogens with zero attached hydrogens (tertiary/aromatic N) is 1. The number of benzene rings is 1. The zero-order chi connectivity index (χ0) is 20.8. The second-order valence-electron chi connectivity index (χ2n) is 7.24. The Balaban J connectivity index is 1.56. The van der Waals surface area contributed by atoms with Gasteiger partial charge in [-0.2, -0.15) is 0 Å². The largest absolute Gasteiger partial charge is 0.366 e. The molecule has 6 nitrogen and oxygen atoms in total. The SMILES string of the molecule is CCN(CCC(=O)Nc1ccc(C(N)=O)cc1)C(=O)c1cc2c(s1)CCCCC2. The number of anilines is 1. The average molecular weight is 414 g/mol. The molecular formula is C22H27N3O3S. The molecular weight excluding hydrogens is 386 g/mol. The Labute approximate surface area is 175 Å². The predicted octanol–water partition coefficient (Wildman–Crippen LogP) is 3.61. The van der Waals surface area contributed by atoms with Gasteiger partial charge >= 0.3 is 0 Å². The minimum atomic E-state index is -0.508. The molecule has 1 aliphatic carbocycles. The Morgan fingerprint density at radius 2 is 1.83 bits per heavy atom. The molecule has 7 heteroatoms. The van der Waals surface area contributed by atoms with E-state index in [0.29, 0.717) is 24.3 Å². The fourth-order valence-electron chi connectivity index (χ4n) is 3.51. The number of carbonyl (C=O) groups is 3. The molecule has 0 saturated heterocycles. The van der Waals surface area contributed by atoms with Gasteiger partial charge in [0.15, 0.2) is 0 Å². The van der Waals surface area contributed by atoms with Gasteiger partial charge in [-0.25, -0.2) is 0 Å². The van der Waals surface area contributed by atoms with Crippen LogP contribution in [0.25, 0.3) is 0 Å². The molecule has 2 aromatic rings. The molecule has 1 aromatic heterocycles. The molecule has 1 aliphatic rings. The van der Waals surface area contributed by atoms with E-state index in [9.17, 15) is 14.4 Å². The van der Waals surface area contributed by atoms with E-state index in [4.69, 9.17) is 5.73 Å². The number of hydrogen-bond donors (Lipinski definition) is 2. The molecule has 0 bridgehead atoms. The first-order valence-corrected chi connectivity index (χ1v) is 10.9. The summed E-state index contributed by atoms with van der Waals surface area (Å²) in [5.41, 5.74) is 7.52. The maximum atomic E-state index is 12.9. The lowest BCUT2D eigenvalue weighted by atomic mass is 10.1. The fourth-order valence-corrected chi connectivity index (χ4v) is 4.73. The summed E-state index contributed by atoms with van der Waals surface area (Å²) >= 11 is 1.61. The van der Waals surface area contributed by atoms with E-state index >= 15 is 0 Å². The number of aryl methyl sites for hydroxylation is 2. The zero-order valence-corrected chi connectivity index (χ0v) is 17.5. The number of nitrogens with two attached hydrogens (primary N) is 1. The van der Waals surface area contributed by atoms with E-state index in [1.54, 1.807) is 40.5 Å². The standard InChI is InChI=1S/C22H27N3O3S/c1-2-25(22(28)19-14-16-6-4-3-5-7-18(16)29-19)13-12-20(26)24-17-10-8-15(9-11-17)21(23)27/h8-11,14H,2-7,12-13H2,1H3,(H2,23,27)(H,24,26). The molecule has 1 heterocycles. The highest BCUT2D eigenvalue weighted by atomic mass is 32.1. The average Bonchev–Trinajstić information content (AvgIpc) is 2.99. The van der Waals surface area contributed by atoms with Gasteiger partial charge in [-0.15, -0.1) is 11.3 Å². The van der Waals surface area contributed by atoms with Gasteiger partial charge < -0.3 is 16.0 Å². The molecule has 0 atom stereocenters. The first-order chi connectivity index (χ1) is 14.0. The van der Waals surface area contributed by atoms with Crippen molar-refractivity contribution in [3.05, 3.63) is 51.2 Å². The van der Waals surface area contributed by atoms with Crippen LogP contribution in [0.3, 0.4) is 0 Å². The van der Waals surface area contributed by atoms with E-state index in [1.807, 2.05) is 6.92 Å². The molecule has 1 aromatic carbocycles. The number of rotatable bonds is 7. The molecule has 3 N–H and O–H groups in total. The number of carbonyl (C=O) groups excluding carboxylic acids is 3. The van der Waals surface area contributed by atoms with E-state index < -0.39 is 5.91 Å². The first-order valence-electron chi connectivity index (χ1n) is 10.1. The van der Waals surface area contributed by atoms with Crippen molar-refractivity contribution in [2.75, 3.05) is 18.4 Å². The Morgan fingerprint density at radius 1 is 1.10 bits per heavy atom. The summed E-state index contributed by atoms with van der Waals surface area (Å²) in [5, 5.41) is 2.79. The van der Waals surface area contributed by atoms with Crippen molar-refractivity contribution in [3.8, 4) is 0 Å². The molecule has 3 rings (SSSR count). The third-order valence-electron chi connectivity index (χ3n) is 5.19. The van der Waals surface area contributed by atoms with Gasteiger partial charge in [0.05, 0.1) is 4.88 Å². The minimum Gasteiger partial charge on any atom is -0.366 e. The summed E-state index contributed by atoms with van der Waals surface area (Å²) in [6.07, 6.45) is 5.97. The van der Waals surface area contributed by atoms with Crippen LogP contribution < -0.4 is 11.1 Å². The van der Waals surface area contributed by atoms with Crippen LogP contribution in [-0.2, 0) is 17.6 Å². The molecule has 29 heavy (non-hydrogen) atoms. The van der Waals surface area contributed by atoms with Crippen molar-refractivity contribution in [3.63, 3.8) is 0 Å². The van der Waals surface area contributed by atoms with Gasteiger partial charge in [0, 0.05) is 35.6 Å². The van der Waals surface area contributed by atoms with Crippen LogP contribution in [-0.4, -0.2) is 35.7 Å². The van der Waals surface area contributed by atoms with E-state index in [0.717, 1.165) is 17.7 Å². The quantitative estimate of drug-likeness (QED) is 0.679. The molecule has 0 unspecified atom stereocenters. The Hall–Kier alpha value is -2.67. The smallest absolute Gasteiger partial charge is 0.263 e. The van der Waals surface area contributed by atoms with Crippen molar-refractivity contribution < 1.29 is 14.4 Å². The van der Waals surface area contributed by atoms with Crippen LogP contribution in [0.2, 0.25) is 0 Å². The molecule has 0 radical (unpaired) electrons. The van der Waals surface area contributed by atoms with Crippen LogP contribution in [0.15, 0.2) is 30.3 Å². The molecule has 0 spiro atoms. The van der Waals surface area contributed by atoms with Gasteiger partial charge in [-0.1, -0.05) is 6.42 Å². The summed E-state index contributed by atoms with van der Waals surface area (Å²) < 4.78 is 0. The van der Waals surface area contributed by atoms with E-state index in [2.05, 4.69) is 11.4 Å². The van der Waals surface area contributed by atoms with E-state index in [1.165, 1.54) is 29.7 Å². The van der Waals surface area contributed by atoms with Crippen LogP contribution in [0.4, 0.5) is 5.69 Å². The van der Waals surface area contributed by atoms with Gasteiger partial charge in [0.2, 0.25) is 11.8 Å². The minimum absolute atomic E-state index is 0.00387. The summed E-state index contributed by atoms with van der Waals surface area (Å²) in [6.45, 7) is 2.85. The lowest BCUT2D eigenvalue weighted by Crippen LogP contribution is -2.33. The van der Waals surface area contributed by atoms with Crippen LogP contribution in [0.5, 0.6) is 0 Å². The zero-order valence-electron chi connectivity index (χ0n) is 16.7. The van der Waals surface area contributed by atoms with Crippen LogP contribution in [0, 0.1) is 0 Å². The molecule has 0 saturated carbocycles. The monoisotopic (exact) mass is 413 g/mol. The summed E-state index contributed by atoms with van der Waals surface area (Å²) in [4.78, 5) is 40.1. The third kappa shape index (κ3) is 5.44. The highest BCUT2D eigenvalue weighted by Crippen LogP contribution is 2.29. The number of nitrogens with one attached hydrogen (secondary N) is 1. The second-order valence-corrected chi connectivity index (χ2v) is 8.38. The third-order valence-corrected chi connectivity index (χ3v) is 6.41. The van der Waals surface area contributed by atoms with Crippen LogP contribution >= 0.6 is 11.3 Å². The van der Waals surface area contributed by atoms with Gasteiger partial charge in [0.25, 0.3) is 5.91 Å². The highest BCUT2D eigenvalue weighted by Gasteiger charge is 2.21. The van der Waals surface area contributed by atoms with Gasteiger partial charge in [-0.05, 0) is 68.5 Å². The van der Waals surface area contributed by atoms with Gasteiger partial charge in [0.1, 0.15) is 0 Å². The molecule has 3 amide bonds. The first kappa shape index (κ1) is 21.0. The maximum Gasteiger partial charge on any atom is 0.263 e. The predicted molar refractivity (Wildman–Crippen MR) is 115 cm³/mol. The molecule has 0 fully saturated rings. The maximum absolute atomic E-state index is 12.9. The number of amides is 3. The van der Waals surface area contributed by atoms with Crippen molar-refractivity contribution in [1.82, 2.24) is 4.90 Å². The van der Waals surface area contributed by atoms with Crippen molar-refractivity contribution in [1.29, 1.82) is 0 Å². The number of thiophene rings is 1. The Kier molecular flexibility index (Phi) is 7.04. The Bertz CT molecular complexity index is 866. The number of primary amides is 1. The summed E-state index contributed by atoms with van der Waals surface area (Å²) in [5.74, 6) is -0.680. The molecule has 154 valence electrons.